The number of halogens is 1. The van der Waals surface area contributed by atoms with E-state index >= 15 is 0 Å². The van der Waals surface area contributed by atoms with Gasteiger partial charge in [0.1, 0.15) is 17.3 Å². The molecule has 0 saturated carbocycles. The molecule has 1 aliphatic rings. The molecular weight excluding hydrogens is 447 g/mol. The van der Waals surface area contributed by atoms with Gasteiger partial charge in [-0.25, -0.2) is 9.82 Å². The van der Waals surface area contributed by atoms with Crippen LogP contribution < -0.4 is 19.8 Å². The molecule has 0 aromatic heterocycles. The number of carbonyl (C=O) groups is 1. The van der Waals surface area contributed by atoms with E-state index in [4.69, 9.17) is 9.47 Å². The summed E-state index contributed by atoms with van der Waals surface area (Å²) in [6, 6.07) is 19.3. The second-order valence-corrected chi connectivity index (χ2v) is 8.24. The normalized spacial score (nSPS) is 14.2. The summed E-state index contributed by atoms with van der Waals surface area (Å²) in [7, 11) is 3.24. The minimum atomic E-state index is -0.295. The van der Waals surface area contributed by atoms with Gasteiger partial charge in [0.25, 0.3) is 5.91 Å². The molecule has 182 valence electrons. The number of carbonyl (C=O) groups excluding carboxylic acids is 1. The second kappa shape index (κ2) is 11.5. The lowest BCUT2D eigenvalue weighted by Gasteiger charge is -2.36. The van der Waals surface area contributed by atoms with Crippen molar-refractivity contribution in [2.75, 3.05) is 45.3 Å². The Morgan fingerprint density at radius 3 is 2.34 bits per heavy atom. The number of benzene rings is 3. The number of nitrogens with one attached hydrogen (secondary N) is 1. The topological polar surface area (TPSA) is 66.4 Å². The number of hydrogen-bond donors (Lipinski definition) is 1. The first kappa shape index (κ1) is 24.2. The summed E-state index contributed by atoms with van der Waals surface area (Å²) in [4.78, 5) is 16.9. The largest absolute Gasteiger partial charge is 0.497 e. The molecule has 1 fully saturated rings. The lowest BCUT2D eigenvalue weighted by atomic mass is 10.1. The number of ether oxygens (including phenoxy) is 2. The van der Waals surface area contributed by atoms with Gasteiger partial charge < -0.3 is 14.4 Å². The van der Waals surface area contributed by atoms with Gasteiger partial charge in [0.15, 0.2) is 0 Å². The predicted molar refractivity (Wildman–Crippen MR) is 135 cm³/mol. The van der Waals surface area contributed by atoms with Crippen molar-refractivity contribution >= 4 is 17.8 Å². The van der Waals surface area contributed by atoms with Gasteiger partial charge >= 0.3 is 0 Å². The van der Waals surface area contributed by atoms with Crippen LogP contribution in [0.1, 0.15) is 21.5 Å². The number of rotatable bonds is 8. The van der Waals surface area contributed by atoms with E-state index < -0.39 is 0 Å². The zero-order valence-electron chi connectivity index (χ0n) is 19.9. The fraction of sp³-hybridized carbons (Fsp3) is 0.259. The van der Waals surface area contributed by atoms with Crippen molar-refractivity contribution in [2.45, 2.75) is 6.54 Å². The molecule has 0 bridgehead atoms. The van der Waals surface area contributed by atoms with Crippen molar-refractivity contribution in [1.29, 1.82) is 0 Å². The van der Waals surface area contributed by atoms with Crippen molar-refractivity contribution < 1.29 is 18.7 Å². The highest BCUT2D eigenvalue weighted by Crippen LogP contribution is 2.23. The van der Waals surface area contributed by atoms with E-state index in [-0.39, 0.29) is 11.7 Å². The van der Waals surface area contributed by atoms with Crippen molar-refractivity contribution in [3.05, 3.63) is 89.2 Å². The molecular formula is C27H29FN4O3. The van der Waals surface area contributed by atoms with E-state index in [0.29, 0.717) is 11.3 Å². The van der Waals surface area contributed by atoms with Gasteiger partial charge in [-0.15, -0.1) is 0 Å². The third kappa shape index (κ3) is 6.36. The molecule has 1 amide bonds. The first-order chi connectivity index (χ1) is 17.1. The number of nitrogens with zero attached hydrogens (tertiary/aromatic N) is 3. The molecule has 1 heterocycles. The Kier molecular flexibility index (Phi) is 7.95. The molecule has 0 atom stereocenters. The molecule has 35 heavy (non-hydrogen) atoms. The van der Waals surface area contributed by atoms with Crippen LogP contribution in [0.4, 0.5) is 10.1 Å². The number of amides is 1. The summed E-state index contributed by atoms with van der Waals surface area (Å²) in [5, 5.41) is 4.11. The Labute approximate surface area is 204 Å². The molecule has 0 unspecified atom stereocenters. The first-order valence-electron chi connectivity index (χ1n) is 11.4. The average Bonchev–Trinajstić information content (AvgIpc) is 2.90. The van der Waals surface area contributed by atoms with Gasteiger partial charge in [-0.3, -0.25) is 9.69 Å². The average molecular weight is 477 g/mol. The highest BCUT2D eigenvalue weighted by Gasteiger charge is 2.19. The molecule has 3 aromatic carbocycles. The molecule has 8 heteroatoms. The monoisotopic (exact) mass is 476 g/mol. The minimum absolute atomic E-state index is 0.219. The first-order valence-corrected chi connectivity index (χ1v) is 11.4. The van der Waals surface area contributed by atoms with Crippen LogP contribution in [0.5, 0.6) is 11.5 Å². The highest BCUT2D eigenvalue weighted by molar-refractivity contribution is 5.95. The summed E-state index contributed by atoms with van der Waals surface area (Å²) < 4.78 is 23.9. The maximum Gasteiger partial charge on any atom is 0.271 e. The van der Waals surface area contributed by atoms with Crippen LogP contribution in [0.25, 0.3) is 0 Å². The molecule has 1 saturated heterocycles. The fourth-order valence-electron chi connectivity index (χ4n) is 4.03. The Morgan fingerprint density at radius 1 is 0.971 bits per heavy atom. The van der Waals surface area contributed by atoms with Gasteiger partial charge in [-0.05, 0) is 72.3 Å². The Balaban J connectivity index is 1.35. The van der Waals surface area contributed by atoms with E-state index in [9.17, 15) is 9.18 Å². The summed E-state index contributed by atoms with van der Waals surface area (Å²) in [5.41, 5.74) is 6.01. The smallest absolute Gasteiger partial charge is 0.271 e. The SMILES string of the molecule is COc1ccc(C(=O)NN=Cc2ccc(OC)c(CN3CCN(c4ccc(F)cc4)CC3)c2)cc1. The highest BCUT2D eigenvalue weighted by atomic mass is 19.1. The lowest BCUT2D eigenvalue weighted by molar-refractivity contribution is 0.0955. The maximum absolute atomic E-state index is 13.2. The van der Waals surface area contributed by atoms with E-state index in [2.05, 4.69) is 20.3 Å². The van der Waals surface area contributed by atoms with Crippen LogP contribution in [-0.2, 0) is 6.54 Å². The number of piperazine rings is 1. The molecule has 7 nitrogen and oxygen atoms in total. The van der Waals surface area contributed by atoms with Crippen LogP contribution in [0.2, 0.25) is 0 Å². The van der Waals surface area contributed by atoms with Crippen molar-refractivity contribution in [3.63, 3.8) is 0 Å². The summed E-state index contributed by atoms with van der Waals surface area (Å²) >= 11 is 0. The third-order valence-electron chi connectivity index (χ3n) is 5.99. The van der Waals surface area contributed by atoms with Crippen molar-refractivity contribution in [3.8, 4) is 11.5 Å². The molecule has 3 aromatic rings. The van der Waals surface area contributed by atoms with Crippen LogP contribution in [0.15, 0.2) is 71.8 Å². The number of hydrogen-bond acceptors (Lipinski definition) is 6. The lowest BCUT2D eigenvalue weighted by Crippen LogP contribution is -2.46. The Bertz CT molecular complexity index is 1160. The van der Waals surface area contributed by atoms with Crippen molar-refractivity contribution in [1.82, 2.24) is 10.3 Å². The zero-order chi connectivity index (χ0) is 24.6. The summed E-state index contributed by atoms with van der Waals surface area (Å²) in [6.07, 6.45) is 1.62. The predicted octanol–water partition coefficient (Wildman–Crippen LogP) is 3.93. The van der Waals surface area contributed by atoms with Gasteiger partial charge in [0.05, 0.1) is 20.4 Å². The van der Waals surface area contributed by atoms with Crippen LogP contribution in [-0.4, -0.2) is 57.4 Å². The number of hydrazone groups is 1. The minimum Gasteiger partial charge on any atom is -0.497 e. The van der Waals surface area contributed by atoms with Crippen LogP contribution in [0, 0.1) is 5.82 Å². The number of methoxy groups -OCH3 is 2. The molecule has 1 aliphatic heterocycles. The molecule has 4 rings (SSSR count). The fourth-order valence-corrected chi connectivity index (χ4v) is 4.03. The van der Waals surface area contributed by atoms with Crippen LogP contribution >= 0.6 is 0 Å². The standard InChI is InChI=1S/C27H29FN4O3/c1-34-25-10-4-21(5-11-25)27(33)30-29-18-20-3-12-26(35-2)22(17-20)19-31-13-15-32(16-14-31)24-8-6-23(28)7-9-24/h3-12,17-18H,13-16,19H2,1-2H3,(H,30,33). The van der Waals surface area contributed by atoms with E-state index in [0.717, 1.165) is 55.3 Å². The maximum atomic E-state index is 13.2. The quantitative estimate of drug-likeness (QED) is 0.394. The van der Waals surface area contributed by atoms with E-state index in [1.807, 2.05) is 30.3 Å². The Morgan fingerprint density at radius 2 is 1.69 bits per heavy atom. The van der Waals surface area contributed by atoms with Crippen LogP contribution in [0.3, 0.4) is 0 Å². The second-order valence-electron chi connectivity index (χ2n) is 8.24. The van der Waals surface area contributed by atoms with E-state index in [1.165, 1.54) is 12.1 Å². The summed E-state index contributed by atoms with van der Waals surface area (Å²) in [6.45, 7) is 4.24. The molecule has 0 aliphatic carbocycles. The van der Waals surface area contributed by atoms with Gasteiger partial charge in [-0.1, -0.05) is 0 Å². The molecule has 0 spiro atoms. The van der Waals surface area contributed by atoms with E-state index in [1.54, 1.807) is 44.7 Å². The van der Waals surface area contributed by atoms with Gasteiger partial charge in [-0.2, -0.15) is 5.10 Å². The third-order valence-corrected chi connectivity index (χ3v) is 5.99. The molecule has 0 radical (unpaired) electrons. The van der Waals surface area contributed by atoms with Crippen molar-refractivity contribution in [2.24, 2.45) is 5.10 Å². The zero-order valence-corrected chi connectivity index (χ0v) is 19.9. The van der Waals surface area contributed by atoms with Gasteiger partial charge in [0.2, 0.25) is 0 Å². The number of anilines is 1. The summed E-state index contributed by atoms with van der Waals surface area (Å²) in [5.74, 6) is 0.984. The van der Waals surface area contributed by atoms with Gasteiger partial charge in [0, 0.05) is 49.5 Å². The molecule has 1 N–H and O–H groups in total. The Hall–Kier alpha value is -3.91.